The lowest BCUT2D eigenvalue weighted by Gasteiger charge is -2.26. The third-order valence-corrected chi connectivity index (χ3v) is 5.25. The van der Waals surface area contributed by atoms with Crippen LogP contribution in [0.15, 0.2) is 60.7 Å². The van der Waals surface area contributed by atoms with Gasteiger partial charge < -0.3 is 9.64 Å². The number of hydrogen-bond donors (Lipinski definition) is 0. The number of aromatic nitrogens is 2. The molecular weight excluding hydrogens is 386 g/mol. The summed E-state index contributed by atoms with van der Waals surface area (Å²) in [7, 11) is 1.34. The summed E-state index contributed by atoms with van der Waals surface area (Å²) in [6, 6.07) is 20.3. The van der Waals surface area contributed by atoms with Crippen LogP contribution >= 0.6 is 11.6 Å². The molecule has 0 radical (unpaired) electrons. The van der Waals surface area contributed by atoms with E-state index in [4.69, 9.17) is 21.3 Å². The maximum Gasteiger partial charge on any atom is 0.358 e. The molecule has 29 heavy (non-hydrogen) atoms. The first kappa shape index (κ1) is 19.4. The monoisotopic (exact) mass is 407 g/mol. The third-order valence-electron chi connectivity index (χ3n) is 4.90. The van der Waals surface area contributed by atoms with E-state index in [0.717, 1.165) is 24.0 Å². The van der Waals surface area contributed by atoms with E-state index >= 15 is 0 Å². The van der Waals surface area contributed by atoms with E-state index < -0.39 is 5.97 Å². The highest BCUT2D eigenvalue weighted by atomic mass is 35.5. The third kappa shape index (κ3) is 4.57. The molecule has 4 rings (SSSR count). The van der Waals surface area contributed by atoms with E-state index in [1.165, 1.54) is 7.11 Å². The van der Waals surface area contributed by atoms with Crippen molar-refractivity contribution in [2.45, 2.75) is 31.8 Å². The van der Waals surface area contributed by atoms with Crippen LogP contribution in [0, 0.1) is 0 Å². The second-order valence-electron chi connectivity index (χ2n) is 7.16. The van der Waals surface area contributed by atoms with Crippen molar-refractivity contribution in [3.05, 3.63) is 88.3 Å². The van der Waals surface area contributed by atoms with Crippen LogP contribution in [0.2, 0.25) is 5.02 Å². The number of halogens is 1. The Balaban J connectivity index is 1.78. The summed E-state index contributed by atoms with van der Waals surface area (Å²) >= 11 is 6.64. The number of nitrogens with zero attached hydrogens (tertiary/aromatic N) is 3. The van der Waals surface area contributed by atoms with Crippen LogP contribution in [0.1, 0.15) is 46.2 Å². The van der Waals surface area contributed by atoms with Gasteiger partial charge in [0.25, 0.3) is 0 Å². The molecule has 148 valence electrons. The molecular formula is C23H22ClN3O2. The summed E-state index contributed by atoms with van der Waals surface area (Å²) in [5.41, 5.74) is 2.39. The molecule has 0 aliphatic heterocycles. The Kier molecular flexibility index (Phi) is 5.76. The number of hydrogen-bond acceptors (Lipinski definition) is 5. The number of benzene rings is 2. The van der Waals surface area contributed by atoms with Crippen LogP contribution in [-0.4, -0.2) is 23.0 Å². The maximum absolute atomic E-state index is 12.3. The molecule has 0 saturated heterocycles. The molecule has 0 spiro atoms. The molecule has 6 heteroatoms. The molecule has 0 bridgehead atoms. The highest BCUT2D eigenvalue weighted by molar-refractivity contribution is 6.35. The minimum atomic E-state index is -0.542. The lowest BCUT2D eigenvalue weighted by molar-refractivity contribution is 0.0593. The second-order valence-corrected chi connectivity index (χ2v) is 7.54. The minimum absolute atomic E-state index is 0.132. The number of esters is 1. The number of anilines is 1. The van der Waals surface area contributed by atoms with E-state index in [0.29, 0.717) is 24.7 Å². The van der Waals surface area contributed by atoms with Gasteiger partial charge in [0.05, 0.1) is 7.11 Å². The summed E-state index contributed by atoms with van der Waals surface area (Å²) in [5.74, 6) is 0.970. The number of carbonyl (C=O) groups is 1. The van der Waals surface area contributed by atoms with Crippen molar-refractivity contribution in [2.24, 2.45) is 0 Å². The fourth-order valence-corrected chi connectivity index (χ4v) is 3.51. The normalized spacial score (nSPS) is 13.2. The van der Waals surface area contributed by atoms with Gasteiger partial charge in [0, 0.05) is 19.0 Å². The first-order valence-corrected chi connectivity index (χ1v) is 10.0. The van der Waals surface area contributed by atoms with Crippen molar-refractivity contribution in [3.8, 4) is 0 Å². The average molecular weight is 408 g/mol. The van der Waals surface area contributed by atoms with Crippen LogP contribution < -0.4 is 4.90 Å². The van der Waals surface area contributed by atoms with Crippen LogP contribution in [0.3, 0.4) is 0 Å². The highest BCUT2D eigenvalue weighted by Gasteiger charge is 2.31. The van der Waals surface area contributed by atoms with Gasteiger partial charge in [-0.05, 0) is 24.0 Å². The molecule has 0 unspecified atom stereocenters. The number of methoxy groups -OCH3 is 1. The van der Waals surface area contributed by atoms with Gasteiger partial charge in [-0.25, -0.2) is 14.8 Å². The van der Waals surface area contributed by atoms with Crippen molar-refractivity contribution in [3.63, 3.8) is 0 Å². The summed E-state index contributed by atoms with van der Waals surface area (Å²) in [5, 5.41) is 0.230. The Hall–Kier alpha value is -2.92. The average Bonchev–Trinajstić information content (AvgIpc) is 3.60. The van der Waals surface area contributed by atoms with Crippen LogP contribution in [0.25, 0.3) is 0 Å². The van der Waals surface area contributed by atoms with E-state index in [-0.39, 0.29) is 16.6 Å². The summed E-state index contributed by atoms with van der Waals surface area (Å²) in [6.07, 6.45) is 2.05. The molecule has 1 heterocycles. The maximum atomic E-state index is 12.3. The van der Waals surface area contributed by atoms with Gasteiger partial charge in [0.2, 0.25) is 0 Å². The number of ether oxygens (including phenoxy) is 1. The van der Waals surface area contributed by atoms with Crippen molar-refractivity contribution in [2.75, 3.05) is 12.0 Å². The smallest absolute Gasteiger partial charge is 0.358 e. The molecule has 0 atom stereocenters. The van der Waals surface area contributed by atoms with Crippen molar-refractivity contribution >= 4 is 23.4 Å². The SMILES string of the molecule is COC(=O)c1nc(C2CC2)nc(N(Cc2ccccc2)Cc2ccccc2)c1Cl. The molecule has 1 aliphatic rings. The van der Waals surface area contributed by atoms with E-state index in [2.05, 4.69) is 34.1 Å². The topological polar surface area (TPSA) is 55.3 Å². The van der Waals surface area contributed by atoms with Crippen molar-refractivity contribution < 1.29 is 9.53 Å². The first-order valence-electron chi connectivity index (χ1n) is 9.64. The van der Waals surface area contributed by atoms with Crippen molar-refractivity contribution in [1.82, 2.24) is 9.97 Å². The van der Waals surface area contributed by atoms with Crippen LogP contribution in [0.5, 0.6) is 0 Å². The van der Waals surface area contributed by atoms with Gasteiger partial charge in [0.1, 0.15) is 10.8 Å². The largest absolute Gasteiger partial charge is 0.464 e. The van der Waals surface area contributed by atoms with Gasteiger partial charge in [-0.1, -0.05) is 72.3 Å². The van der Waals surface area contributed by atoms with Gasteiger partial charge in [-0.15, -0.1) is 0 Å². The van der Waals surface area contributed by atoms with Gasteiger partial charge >= 0.3 is 5.97 Å². The molecule has 3 aromatic rings. The zero-order valence-corrected chi connectivity index (χ0v) is 17.0. The first-order chi connectivity index (χ1) is 14.2. The quantitative estimate of drug-likeness (QED) is 0.516. The molecule has 5 nitrogen and oxygen atoms in total. The van der Waals surface area contributed by atoms with Crippen molar-refractivity contribution in [1.29, 1.82) is 0 Å². The second kappa shape index (κ2) is 8.62. The fraction of sp³-hybridized carbons (Fsp3) is 0.261. The summed E-state index contributed by atoms with van der Waals surface area (Å²) in [4.78, 5) is 23.6. The molecule has 1 aliphatic carbocycles. The summed E-state index contributed by atoms with van der Waals surface area (Å²) in [6.45, 7) is 1.22. The molecule has 0 N–H and O–H groups in total. The molecule has 1 saturated carbocycles. The number of rotatable bonds is 7. The molecule has 2 aromatic carbocycles. The van der Waals surface area contributed by atoms with E-state index in [9.17, 15) is 4.79 Å². The minimum Gasteiger partial charge on any atom is -0.464 e. The standard InChI is InChI=1S/C23H22ClN3O2/c1-29-23(28)20-19(24)22(26-21(25-20)18-12-13-18)27(14-16-8-4-2-5-9-16)15-17-10-6-3-7-11-17/h2-11,18H,12-15H2,1H3. The Morgan fingerprint density at radius 2 is 1.55 bits per heavy atom. The zero-order chi connectivity index (χ0) is 20.2. The Morgan fingerprint density at radius 1 is 1.00 bits per heavy atom. The Bertz CT molecular complexity index is 950. The molecule has 1 aromatic heterocycles. The molecule has 1 fully saturated rings. The predicted molar refractivity (Wildman–Crippen MR) is 113 cm³/mol. The zero-order valence-electron chi connectivity index (χ0n) is 16.2. The van der Waals surface area contributed by atoms with Crippen LogP contribution in [0.4, 0.5) is 5.82 Å². The Morgan fingerprint density at radius 3 is 2.03 bits per heavy atom. The van der Waals surface area contributed by atoms with Gasteiger partial charge in [-0.2, -0.15) is 0 Å². The lowest BCUT2D eigenvalue weighted by atomic mass is 10.1. The highest BCUT2D eigenvalue weighted by Crippen LogP contribution is 2.40. The van der Waals surface area contributed by atoms with E-state index in [1.807, 2.05) is 36.4 Å². The van der Waals surface area contributed by atoms with Crippen LogP contribution in [-0.2, 0) is 17.8 Å². The number of carbonyl (C=O) groups excluding carboxylic acids is 1. The van der Waals surface area contributed by atoms with Gasteiger partial charge in [-0.3, -0.25) is 0 Å². The molecule has 0 amide bonds. The Labute approximate surface area is 175 Å². The lowest BCUT2D eigenvalue weighted by Crippen LogP contribution is -2.25. The van der Waals surface area contributed by atoms with Gasteiger partial charge in [0.15, 0.2) is 11.5 Å². The van der Waals surface area contributed by atoms with E-state index in [1.54, 1.807) is 0 Å². The summed E-state index contributed by atoms with van der Waals surface area (Å²) < 4.78 is 4.91. The fourth-order valence-electron chi connectivity index (χ4n) is 3.23. The predicted octanol–water partition coefficient (Wildman–Crippen LogP) is 5.00.